The lowest BCUT2D eigenvalue weighted by Crippen LogP contribution is -2.45. The van der Waals surface area contributed by atoms with Crippen LogP contribution in [-0.2, 0) is 0 Å². The highest BCUT2D eigenvalue weighted by atomic mass is 15.3. The van der Waals surface area contributed by atoms with E-state index in [0.717, 1.165) is 25.0 Å². The molecule has 0 aromatic heterocycles. The third-order valence-corrected chi connectivity index (χ3v) is 4.76. The van der Waals surface area contributed by atoms with Crippen LogP contribution in [0, 0.1) is 5.92 Å². The number of piperidine rings is 1. The van der Waals surface area contributed by atoms with E-state index in [2.05, 4.69) is 29.0 Å². The Morgan fingerprint density at radius 1 is 1.10 bits per heavy atom. The van der Waals surface area contributed by atoms with Crippen LogP contribution in [-0.4, -0.2) is 61.6 Å². The summed E-state index contributed by atoms with van der Waals surface area (Å²) in [5.74, 6) is 2.02. The zero-order valence-electron chi connectivity index (χ0n) is 14.1. The Labute approximate surface area is 131 Å². The Morgan fingerprint density at radius 3 is 2.48 bits per heavy atom. The number of nitrogens with one attached hydrogen (secondary N) is 1. The molecule has 0 aromatic rings. The summed E-state index contributed by atoms with van der Waals surface area (Å²) in [5.41, 5.74) is 0. The van der Waals surface area contributed by atoms with Crippen LogP contribution < -0.4 is 5.32 Å². The first-order valence-electron chi connectivity index (χ1n) is 9.05. The van der Waals surface area contributed by atoms with Gasteiger partial charge in [-0.05, 0) is 71.0 Å². The SMILES string of the molecule is CCNC(=NCCCCN1CCCC1)N1CCC(C)CC1. The maximum Gasteiger partial charge on any atom is 0.193 e. The van der Waals surface area contributed by atoms with Crippen LogP contribution in [0.25, 0.3) is 0 Å². The van der Waals surface area contributed by atoms with Gasteiger partial charge in [0.2, 0.25) is 0 Å². The standard InChI is InChI=1S/C17H34N4/c1-3-18-17(21-14-8-16(2)9-15-21)19-10-4-5-11-20-12-6-7-13-20/h16H,3-15H2,1-2H3,(H,18,19). The lowest BCUT2D eigenvalue weighted by molar-refractivity contribution is 0.273. The molecule has 4 heteroatoms. The van der Waals surface area contributed by atoms with Crippen LogP contribution >= 0.6 is 0 Å². The van der Waals surface area contributed by atoms with Crippen molar-refractivity contribution in [3.8, 4) is 0 Å². The van der Waals surface area contributed by atoms with E-state index in [4.69, 9.17) is 4.99 Å². The van der Waals surface area contributed by atoms with Gasteiger partial charge >= 0.3 is 0 Å². The average molecular weight is 294 g/mol. The summed E-state index contributed by atoms with van der Waals surface area (Å²) in [5, 5.41) is 3.46. The minimum atomic E-state index is 0.879. The molecule has 0 radical (unpaired) electrons. The molecule has 0 spiro atoms. The maximum atomic E-state index is 4.84. The lowest BCUT2D eigenvalue weighted by Gasteiger charge is -2.33. The Balaban J connectivity index is 1.67. The molecular formula is C17H34N4. The van der Waals surface area contributed by atoms with Crippen LogP contribution in [0.15, 0.2) is 4.99 Å². The molecule has 0 saturated carbocycles. The van der Waals surface area contributed by atoms with Gasteiger partial charge in [-0.25, -0.2) is 0 Å². The van der Waals surface area contributed by atoms with Crippen molar-refractivity contribution >= 4 is 5.96 Å². The van der Waals surface area contributed by atoms with E-state index in [0.29, 0.717) is 0 Å². The van der Waals surface area contributed by atoms with Crippen molar-refractivity contribution in [3.63, 3.8) is 0 Å². The Bertz CT molecular complexity index is 302. The van der Waals surface area contributed by atoms with Crippen LogP contribution in [0.5, 0.6) is 0 Å². The van der Waals surface area contributed by atoms with E-state index in [9.17, 15) is 0 Å². The smallest absolute Gasteiger partial charge is 0.193 e. The van der Waals surface area contributed by atoms with Gasteiger partial charge in [-0.3, -0.25) is 4.99 Å². The van der Waals surface area contributed by atoms with Crippen molar-refractivity contribution in [2.75, 3.05) is 45.8 Å². The Kier molecular flexibility index (Phi) is 7.34. The molecule has 21 heavy (non-hydrogen) atoms. The van der Waals surface area contributed by atoms with E-state index in [1.54, 1.807) is 0 Å². The van der Waals surface area contributed by atoms with E-state index in [-0.39, 0.29) is 0 Å². The molecule has 0 amide bonds. The van der Waals surface area contributed by atoms with Crippen LogP contribution in [0.2, 0.25) is 0 Å². The largest absolute Gasteiger partial charge is 0.357 e. The molecular weight excluding hydrogens is 260 g/mol. The molecule has 2 saturated heterocycles. The third-order valence-electron chi connectivity index (χ3n) is 4.76. The van der Waals surface area contributed by atoms with Gasteiger partial charge in [0, 0.05) is 26.2 Å². The molecule has 0 atom stereocenters. The fraction of sp³-hybridized carbons (Fsp3) is 0.941. The molecule has 2 rings (SSSR count). The lowest BCUT2D eigenvalue weighted by atomic mass is 10.00. The summed E-state index contributed by atoms with van der Waals surface area (Å²) in [4.78, 5) is 9.89. The number of hydrogen-bond donors (Lipinski definition) is 1. The van der Waals surface area contributed by atoms with Crippen LogP contribution in [0.1, 0.15) is 52.4 Å². The van der Waals surface area contributed by atoms with Gasteiger partial charge in [0.15, 0.2) is 5.96 Å². The number of likely N-dealkylation sites (tertiary alicyclic amines) is 2. The van der Waals surface area contributed by atoms with Gasteiger partial charge in [0.25, 0.3) is 0 Å². The zero-order valence-corrected chi connectivity index (χ0v) is 14.1. The first kappa shape index (κ1) is 16.6. The second-order valence-corrected chi connectivity index (χ2v) is 6.66. The molecule has 1 N–H and O–H groups in total. The minimum Gasteiger partial charge on any atom is -0.357 e. The molecule has 2 aliphatic heterocycles. The van der Waals surface area contributed by atoms with Crippen LogP contribution in [0.4, 0.5) is 0 Å². The topological polar surface area (TPSA) is 30.9 Å². The van der Waals surface area contributed by atoms with Gasteiger partial charge in [-0.1, -0.05) is 6.92 Å². The second kappa shape index (κ2) is 9.29. The molecule has 0 bridgehead atoms. The first-order chi connectivity index (χ1) is 10.3. The van der Waals surface area contributed by atoms with E-state index < -0.39 is 0 Å². The maximum absolute atomic E-state index is 4.84. The van der Waals surface area contributed by atoms with E-state index in [1.165, 1.54) is 71.2 Å². The molecule has 0 unspecified atom stereocenters. The molecule has 2 fully saturated rings. The summed E-state index contributed by atoms with van der Waals surface area (Å²) in [6, 6.07) is 0. The van der Waals surface area contributed by atoms with Crippen molar-refractivity contribution in [3.05, 3.63) is 0 Å². The summed E-state index contributed by atoms with van der Waals surface area (Å²) in [6.45, 7) is 12.7. The van der Waals surface area contributed by atoms with Crippen molar-refractivity contribution in [1.82, 2.24) is 15.1 Å². The van der Waals surface area contributed by atoms with Crippen LogP contribution in [0.3, 0.4) is 0 Å². The predicted molar refractivity (Wildman–Crippen MR) is 90.9 cm³/mol. The van der Waals surface area contributed by atoms with E-state index in [1.807, 2.05) is 0 Å². The fourth-order valence-corrected chi connectivity index (χ4v) is 3.28. The van der Waals surface area contributed by atoms with Gasteiger partial charge < -0.3 is 15.1 Å². The molecule has 122 valence electrons. The van der Waals surface area contributed by atoms with Crippen molar-refractivity contribution < 1.29 is 0 Å². The minimum absolute atomic E-state index is 0.879. The Hall–Kier alpha value is -0.770. The monoisotopic (exact) mass is 294 g/mol. The van der Waals surface area contributed by atoms with Crippen molar-refractivity contribution in [1.29, 1.82) is 0 Å². The number of nitrogens with zero attached hydrogens (tertiary/aromatic N) is 3. The van der Waals surface area contributed by atoms with Gasteiger partial charge in [-0.15, -0.1) is 0 Å². The summed E-state index contributed by atoms with van der Waals surface area (Å²) < 4.78 is 0. The fourth-order valence-electron chi connectivity index (χ4n) is 3.28. The highest BCUT2D eigenvalue weighted by Crippen LogP contribution is 2.16. The van der Waals surface area contributed by atoms with Gasteiger partial charge in [0.05, 0.1) is 0 Å². The molecule has 0 aliphatic carbocycles. The predicted octanol–water partition coefficient (Wildman–Crippen LogP) is 2.56. The normalized spacial score (nSPS) is 22.0. The highest BCUT2D eigenvalue weighted by Gasteiger charge is 2.18. The van der Waals surface area contributed by atoms with Gasteiger partial charge in [0.1, 0.15) is 0 Å². The summed E-state index contributed by atoms with van der Waals surface area (Å²) in [6.07, 6.45) is 7.92. The average Bonchev–Trinajstić information content (AvgIpc) is 3.00. The Morgan fingerprint density at radius 2 is 1.81 bits per heavy atom. The molecule has 2 aliphatic rings. The zero-order chi connectivity index (χ0) is 14.9. The van der Waals surface area contributed by atoms with E-state index >= 15 is 0 Å². The number of aliphatic imine (C=N–C) groups is 1. The van der Waals surface area contributed by atoms with Crippen molar-refractivity contribution in [2.45, 2.75) is 52.4 Å². The highest BCUT2D eigenvalue weighted by molar-refractivity contribution is 5.80. The number of rotatable bonds is 6. The molecule has 0 aromatic carbocycles. The quantitative estimate of drug-likeness (QED) is 0.464. The summed E-state index contributed by atoms with van der Waals surface area (Å²) >= 11 is 0. The molecule has 4 nitrogen and oxygen atoms in total. The third kappa shape index (κ3) is 5.85. The number of guanidine groups is 1. The van der Waals surface area contributed by atoms with Gasteiger partial charge in [-0.2, -0.15) is 0 Å². The molecule has 2 heterocycles. The summed E-state index contributed by atoms with van der Waals surface area (Å²) in [7, 11) is 0. The number of unbranched alkanes of at least 4 members (excludes halogenated alkanes) is 1. The first-order valence-corrected chi connectivity index (χ1v) is 9.05. The second-order valence-electron chi connectivity index (χ2n) is 6.66. The number of hydrogen-bond acceptors (Lipinski definition) is 2. The van der Waals surface area contributed by atoms with Crippen molar-refractivity contribution in [2.24, 2.45) is 10.9 Å².